The van der Waals surface area contributed by atoms with Crippen molar-refractivity contribution in [1.29, 1.82) is 0 Å². The molecule has 0 radical (unpaired) electrons. The van der Waals surface area contributed by atoms with E-state index in [9.17, 15) is 24.6 Å². The number of aryl methyl sites for hydroxylation is 1. The molecular formula is C22H17Cl2N3O5. The van der Waals surface area contributed by atoms with Crippen LogP contribution in [0.1, 0.15) is 48.0 Å². The van der Waals surface area contributed by atoms with Crippen LogP contribution < -0.4 is 5.43 Å². The van der Waals surface area contributed by atoms with Gasteiger partial charge >= 0.3 is 11.9 Å². The minimum absolute atomic E-state index is 0.142. The number of carboxylic acid groups (broad SMARTS) is 2. The highest BCUT2D eigenvalue weighted by Crippen LogP contribution is 2.24. The van der Waals surface area contributed by atoms with Crippen molar-refractivity contribution in [3.63, 3.8) is 0 Å². The molecule has 0 aliphatic rings. The van der Waals surface area contributed by atoms with Gasteiger partial charge in [0.1, 0.15) is 0 Å². The van der Waals surface area contributed by atoms with Gasteiger partial charge < -0.3 is 14.8 Å². The van der Waals surface area contributed by atoms with Crippen molar-refractivity contribution in [2.45, 2.75) is 13.8 Å². The number of amides is 1. The number of carbonyl (C=O) groups is 3. The van der Waals surface area contributed by atoms with Crippen LogP contribution in [0.15, 0.2) is 47.6 Å². The summed E-state index contributed by atoms with van der Waals surface area (Å²) in [6.07, 6.45) is 1.44. The summed E-state index contributed by atoms with van der Waals surface area (Å²) in [4.78, 5) is 35.1. The van der Waals surface area contributed by atoms with Crippen LogP contribution in [0.5, 0.6) is 0 Å². The number of hydrogen-bond donors (Lipinski definition) is 3. The molecule has 0 saturated heterocycles. The molecule has 0 unspecified atom stereocenters. The molecule has 1 aromatic heterocycles. The van der Waals surface area contributed by atoms with E-state index in [0.29, 0.717) is 22.0 Å². The molecule has 0 aliphatic heterocycles. The third-order valence-corrected chi connectivity index (χ3v) is 5.43. The normalized spacial score (nSPS) is 11.0. The lowest BCUT2D eigenvalue weighted by Gasteiger charge is -2.12. The van der Waals surface area contributed by atoms with Crippen molar-refractivity contribution in [3.8, 4) is 5.69 Å². The number of aromatic nitrogens is 1. The number of rotatable bonds is 6. The monoisotopic (exact) mass is 473 g/mol. The van der Waals surface area contributed by atoms with E-state index in [-0.39, 0.29) is 21.7 Å². The Labute approximate surface area is 192 Å². The minimum Gasteiger partial charge on any atom is -0.478 e. The van der Waals surface area contributed by atoms with E-state index in [1.54, 1.807) is 24.5 Å². The Morgan fingerprint density at radius 3 is 2.09 bits per heavy atom. The van der Waals surface area contributed by atoms with Gasteiger partial charge in [0.05, 0.1) is 27.4 Å². The van der Waals surface area contributed by atoms with Crippen LogP contribution in [-0.2, 0) is 0 Å². The van der Waals surface area contributed by atoms with Crippen molar-refractivity contribution in [2.75, 3.05) is 0 Å². The van der Waals surface area contributed by atoms with Crippen molar-refractivity contribution in [3.05, 3.63) is 86.2 Å². The van der Waals surface area contributed by atoms with Gasteiger partial charge in [0.2, 0.25) is 0 Å². The second-order valence-electron chi connectivity index (χ2n) is 6.87. The van der Waals surface area contributed by atoms with Gasteiger partial charge in [0.25, 0.3) is 5.91 Å². The molecule has 10 heteroatoms. The molecule has 0 atom stereocenters. The lowest BCUT2D eigenvalue weighted by molar-refractivity contribution is 0.0696. The van der Waals surface area contributed by atoms with Gasteiger partial charge in [0, 0.05) is 28.2 Å². The predicted molar refractivity (Wildman–Crippen MR) is 121 cm³/mol. The number of halogens is 2. The summed E-state index contributed by atoms with van der Waals surface area (Å²) < 4.78 is 1.71. The summed E-state index contributed by atoms with van der Waals surface area (Å²) in [6.45, 7) is 3.55. The van der Waals surface area contributed by atoms with Gasteiger partial charge in [-0.05, 0) is 56.3 Å². The zero-order chi connectivity index (χ0) is 23.6. The molecule has 3 aromatic rings. The zero-order valence-corrected chi connectivity index (χ0v) is 18.4. The van der Waals surface area contributed by atoms with Crippen LogP contribution in [-0.4, -0.2) is 38.8 Å². The van der Waals surface area contributed by atoms with E-state index in [1.165, 1.54) is 36.5 Å². The summed E-state index contributed by atoms with van der Waals surface area (Å²) in [5.74, 6) is -2.94. The zero-order valence-electron chi connectivity index (χ0n) is 16.9. The second kappa shape index (κ2) is 9.25. The molecule has 1 amide bonds. The molecule has 2 aromatic carbocycles. The van der Waals surface area contributed by atoms with Gasteiger partial charge in [-0.3, -0.25) is 4.79 Å². The summed E-state index contributed by atoms with van der Waals surface area (Å²) in [6, 6.07) is 10.1. The quantitative estimate of drug-likeness (QED) is 0.357. The van der Waals surface area contributed by atoms with E-state index in [4.69, 9.17) is 23.2 Å². The van der Waals surface area contributed by atoms with Crippen LogP contribution in [0.25, 0.3) is 5.69 Å². The number of benzene rings is 2. The molecule has 0 aliphatic carbocycles. The second-order valence-corrected chi connectivity index (χ2v) is 7.68. The van der Waals surface area contributed by atoms with Gasteiger partial charge in [-0.25, -0.2) is 15.0 Å². The Balaban J connectivity index is 1.89. The summed E-state index contributed by atoms with van der Waals surface area (Å²) >= 11 is 11.8. The van der Waals surface area contributed by atoms with Crippen LogP contribution in [0.2, 0.25) is 10.0 Å². The van der Waals surface area contributed by atoms with Gasteiger partial charge in [-0.1, -0.05) is 23.2 Å². The third kappa shape index (κ3) is 4.82. The van der Waals surface area contributed by atoms with Crippen LogP contribution in [0, 0.1) is 13.8 Å². The highest BCUT2D eigenvalue weighted by molar-refractivity contribution is 6.42. The van der Waals surface area contributed by atoms with E-state index >= 15 is 0 Å². The average Bonchev–Trinajstić information content (AvgIpc) is 3.02. The lowest BCUT2D eigenvalue weighted by Crippen LogP contribution is -2.17. The number of hydrogen-bond acceptors (Lipinski definition) is 4. The Kier molecular flexibility index (Phi) is 6.67. The van der Waals surface area contributed by atoms with Gasteiger partial charge in [-0.15, -0.1) is 0 Å². The molecule has 0 saturated carbocycles. The van der Waals surface area contributed by atoms with E-state index in [0.717, 1.165) is 11.8 Å². The number of hydrazone groups is 1. The molecule has 8 nitrogen and oxygen atoms in total. The maximum atomic E-state index is 12.2. The van der Waals surface area contributed by atoms with Crippen LogP contribution >= 0.6 is 23.2 Å². The Morgan fingerprint density at radius 2 is 1.53 bits per heavy atom. The van der Waals surface area contributed by atoms with E-state index < -0.39 is 17.8 Å². The number of nitrogens with one attached hydrogen (secondary N) is 1. The number of aromatic carboxylic acids is 2. The highest BCUT2D eigenvalue weighted by Gasteiger charge is 2.16. The summed E-state index contributed by atoms with van der Waals surface area (Å²) in [5, 5.41) is 23.2. The fraction of sp³-hybridized carbons (Fsp3) is 0.0909. The first-order valence-electron chi connectivity index (χ1n) is 9.18. The highest BCUT2D eigenvalue weighted by atomic mass is 35.5. The van der Waals surface area contributed by atoms with Gasteiger partial charge in [-0.2, -0.15) is 5.10 Å². The molecule has 3 rings (SSSR count). The molecule has 1 heterocycles. The summed E-state index contributed by atoms with van der Waals surface area (Å²) in [5.41, 5.74) is 4.83. The maximum Gasteiger partial charge on any atom is 0.335 e. The predicted octanol–water partition coefficient (Wildman–Crippen LogP) is 4.56. The van der Waals surface area contributed by atoms with Crippen molar-refractivity contribution < 1.29 is 24.6 Å². The SMILES string of the molecule is Cc1cc(/C=N\NC(=O)c2ccc(Cl)c(Cl)c2)c(C)n1-c1cc(C(=O)O)cc(C(=O)O)c1. The topological polar surface area (TPSA) is 121 Å². The van der Waals surface area contributed by atoms with Crippen molar-refractivity contribution in [2.24, 2.45) is 5.10 Å². The smallest absolute Gasteiger partial charge is 0.335 e. The van der Waals surface area contributed by atoms with E-state index in [1.807, 2.05) is 0 Å². The van der Waals surface area contributed by atoms with E-state index in [2.05, 4.69) is 10.5 Å². The molecule has 164 valence electrons. The van der Waals surface area contributed by atoms with Crippen LogP contribution in [0.3, 0.4) is 0 Å². The fourth-order valence-corrected chi connectivity index (χ4v) is 3.46. The molecule has 0 fully saturated rings. The molecule has 32 heavy (non-hydrogen) atoms. The molecule has 3 N–H and O–H groups in total. The third-order valence-electron chi connectivity index (χ3n) is 4.69. The van der Waals surface area contributed by atoms with Gasteiger partial charge in [0.15, 0.2) is 0 Å². The first-order chi connectivity index (χ1) is 15.1. The van der Waals surface area contributed by atoms with Crippen molar-refractivity contribution >= 4 is 47.3 Å². The Bertz CT molecular complexity index is 1250. The van der Waals surface area contributed by atoms with Crippen LogP contribution in [0.4, 0.5) is 0 Å². The fourth-order valence-electron chi connectivity index (χ4n) is 3.17. The largest absolute Gasteiger partial charge is 0.478 e. The standard InChI is InChI=1S/C22H17Cl2N3O5/c1-11-5-16(10-25-26-20(28)13-3-4-18(23)19(24)9-13)12(2)27(11)17-7-14(21(29)30)6-15(8-17)22(31)32/h3-10H,1-2H3,(H,26,28)(H,29,30)(H,31,32)/b25-10-. The number of carbonyl (C=O) groups excluding carboxylic acids is 1. The Hall–Kier alpha value is -3.62. The molecule has 0 bridgehead atoms. The molecular weight excluding hydrogens is 457 g/mol. The first-order valence-corrected chi connectivity index (χ1v) is 9.93. The number of carboxylic acids is 2. The summed E-state index contributed by atoms with van der Waals surface area (Å²) in [7, 11) is 0. The Morgan fingerprint density at radius 1 is 0.906 bits per heavy atom. The minimum atomic E-state index is -1.23. The average molecular weight is 474 g/mol. The first kappa shape index (κ1) is 23.1. The number of nitrogens with zero attached hydrogens (tertiary/aromatic N) is 2. The molecule has 0 spiro atoms. The van der Waals surface area contributed by atoms with Crippen molar-refractivity contribution in [1.82, 2.24) is 9.99 Å². The lowest BCUT2D eigenvalue weighted by atomic mass is 10.1. The maximum absolute atomic E-state index is 12.2.